The van der Waals surface area contributed by atoms with Gasteiger partial charge in [-0.05, 0) is 61.2 Å². The molecular weight excluding hydrogens is 440 g/mol. The zero-order chi connectivity index (χ0) is 23.1. The number of fused-ring (bicyclic) bond motifs is 2. The van der Waals surface area contributed by atoms with Crippen molar-refractivity contribution < 1.29 is 8.78 Å². The maximum Gasteiger partial charge on any atom is 0.147 e. The molecule has 2 N–H and O–H groups in total. The fraction of sp³-hybridized carbons (Fsp3) is 0.160. The van der Waals surface area contributed by atoms with Crippen LogP contribution in [0.25, 0.3) is 31.6 Å². The molecule has 5 nitrogen and oxygen atoms in total. The highest BCUT2D eigenvalue weighted by Gasteiger charge is 2.15. The second kappa shape index (κ2) is 8.26. The van der Waals surface area contributed by atoms with Crippen molar-refractivity contribution in [2.24, 2.45) is 0 Å². The number of nitrogens with zero attached hydrogens (tertiary/aromatic N) is 3. The first-order valence-electron chi connectivity index (χ1n) is 10.4. The van der Waals surface area contributed by atoms with E-state index >= 15 is 0 Å². The van der Waals surface area contributed by atoms with Crippen molar-refractivity contribution in [2.45, 2.75) is 20.3 Å². The van der Waals surface area contributed by atoms with Gasteiger partial charge in [-0.25, -0.2) is 18.7 Å². The van der Waals surface area contributed by atoms with Crippen LogP contribution in [0, 0.1) is 36.8 Å². The van der Waals surface area contributed by atoms with E-state index in [4.69, 9.17) is 5.26 Å². The lowest BCUT2D eigenvalue weighted by Crippen LogP contribution is -2.07. The molecule has 0 aliphatic rings. The van der Waals surface area contributed by atoms with Gasteiger partial charge in [0.25, 0.3) is 0 Å². The number of rotatable bonds is 5. The molecule has 0 radical (unpaired) electrons. The smallest absolute Gasteiger partial charge is 0.147 e. The summed E-state index contributed by atoms with van der Waals surface area (Å²) in [5, 5.41) is 13.4. The molecule has 0 aliphatic carbocycles. The second-order valence-electron chi connectivity index (χ2n) is 7.87. The van der Waals surface area contributed by atoms with Gasteiger partial charge in [0.2, 0.25) is 0 Å². The zero-order valence-corrected chi connectivity index (χ0v) is 18.8. The van der Waals surface area contributed by atoms with Crippen LogP contribution in [0.2, 0.25) is 0 Å². The van der Waals surface area contributed by atoms with Crippen LogP contribution in [0.4, 0.5) is 14.6 Å². The first kappa shape index (κ1) is 21.0. The summed E-state index contributed by atoms with van der Waals surface area (Å²) in [4.78, 5) is 12.8. The minimum Gasteiger partial charge on any atom is -0.368 e. The number of aryl methyl sites for hydroxylation is 2. The molecule has 8 heteroatoms. The second-order valence-corrected chi connectivity index (χ2v) is 8.93. The molecule has 0 aliphatic heterocycles. The Morgan fingerprint density at radius 3 is 2.73 bits per heavy atom. The quantitative estimate of drug-likeness (QED) is 0.325. The van der Waals surface area contributed by atoms with Gasteiger partial charge in [0.1, 0.15) is 29.8 Å². The monoisotopic (exact) mass is 459 g/mol. The van der Waals surface area contributed by atoms with Gasteiger partial charge in [0.15, 0.2) is 0 Å². The van der Waals surface area contributed by atoms with Gasteiger partial charge in [-0.1, -0.05) is 12.1 Å². The molecule has 5 aromatic rings. The Morgan fingerprint density at radius 2 is 1.91 bits per heavy atom. The predicted octanol–water partition coefficient (Wildman–Crippen LogP) is 6.26. The van der Waals surface area contributed by atoms with Gasteiger partial charge in [-0.2, -0.15) is 5.26 Å². The van der Waals surface area contributed by atoms with Crippen LogP contribution in [0.15, 0.2) is 42.7 Å². The minimum absolute atomic E-state index is 0.00946. The third-order valence-corrected chi connectivity index (χ3v) is 6.96. The Labute approximate surface area is 192 Å². The van der Waals surface area contributed by atoms with Crippen molar-refractivity contribution >= 4 is 38.3 Å². The average molecular weight is 460 g/mol. The van der Waals surface area contributed by atoms with Crippen LogP contribution >= 0.6 is 11.3 Å². The number of hydrogen-bond donors (Lipinski definition) is 2. The molecule has 0 fully saturated rings. The number of thiophene rings is 1. The number of aromatic amines is 1. The molecule has 0 bridgehead atoms. The van der Waals surface area contributed by atoms with Crippen LogP contribution in [0.3, 0.4) is 0 Å². The van der Waals surface area contributed by atoms with Crippen molar-refractivity contribution in [1.82, 2.24) is 15.0 Å². The number of aromatic nitrogens is 3. The Balaban J connectivity index is 1.42. The molecule has 3 aromatic heterocycles. The summed E-state index contributed by atoms with van der Waals surface area (Å²) < 4.78 is 28.8. The Bertz CT molecular complexity index is 1560. The third kappa shape index (κ3) is 3.70. The molecule has 0 saturated heterocycles. The number of hydrogen-bond acceptors (Lipinski definition) is 5. The first-order valence-corrected chi connectivity index (χ1v) is 11.2. The molecular formula is C25H19F2N5S. The van der Waals surface area contributed by atoms with Gasteiger partial charge in [0.05, 0.1) is 21.3 Å². The van der Waals surface area contributed by atoms with E-state index in [-0.39, 0.29) is 11.4 Å². The van der Waals surface area contributed by atoms with Gasteiger partial charge in [-0.15, -0.1) is 11.3 Å². The molecule has 0 unspecified atom stereocenters. The van der Waals surface area contributed by atoms with Crippen molar-refractivity contribution in [3.05, 3.63) is 76.7 Å². The van der Waals surface area contributed by atoms with E-state index in [0.717, 1.165) is 42.9 Å². The molecule has 0 atom stereocenters. The Kier molecular flexibility index (Phi) is 5.27. The van der Waals surface area contributed by atoms with Crippen LogP contribution in [-0.4, -0.2) is 21.5 Å². The molecule has 0 amide bonds. The Morgan fingerprint density at radius 1 is 1.09 bits per heavy atom. The summed E-state index contributed by atoms with van der Waals surface area (Å²) in [5.41, 5.74) is 5.17. The van der Waals surface area contributed by atoms with Crippen LogP contribution in [0.1, 0.15) is 22.4 Å². The number of nitriles is 1. The first-order chi connectivity index (χ1) is 16.0. The van der Waals surface area contributed by atoms with Crippen molar-refractivity contribution in [3.8, 4) is 16.5 Å². The largest absolute Gasteiger partial charge is 0.368 e. The molecule has 5 rings (SSSR count). The number of H-pyrrole nitrogens is 1. The highest BCUT2D eigenvalue weighted by Crippen LogP contribution is 2.36. The molecule has 0 spiro atoms. The van der Waals surface area contributed by atoms with Gasteiger partial charge in [-0.3, -0.25) is 0 Å². The maximum absolute atomic E-state index is 14.2. The third-order valence-electron chi connectivity index (χ3n) is 5.78. The highest BCUT2D eigenvalue weighted by atomic mass is 32.1. The van der Waals surface area contributed by atoms with E-state index in [2.05, 4.69) is 20.3 Å². The molecule has 3 heterocycles. The summed E-state index contributed by atoms with van der Waals surface area (Å²) >= 11 is 1.48. The number of halogens is 2. The van der Waals surface area contributed by atoms with Gasteiger partial charge < -0.3 is 10.3 Å². The van der Waals surface area contributed by atoms with Crippen molar-refractivity contribution in [3.63, 3.8) is 0 Å². The molecule has 0 saturated carbocycles. The van der Waals surface area contributed by atoms with E-state index < -0.39 is 5.82 Å². The molecule has 2 aromatic carbocycles. The lowest BCUT2D eigenvalue weighted by Gasteiger charge is -2.07. The normalized spacial score (nSPS) is 11.2. The van der Waals surface area contributed by atoms with Crippen LogP contribution in [-0.2, 0) is 6.42 Å². The summed E-state index contributed by atoms with van der Waals surface area (Å²) in [5.74, 6) is -0.0756. The summed E-state index contributed by atoms with van der Waals surface area (Å²) in [6, 6.07) is 11.6. The topological polar surface area (TPSA) is 77.4 Å². The lowest BCUT2D eigenvalue weighted by atomic mass is 10.0. The highest BCUT2D eigenvalue weighted by molar-refractivity contribution is 7.22. The molecule has 164 valence electrons. The van der Waals surface area contributed by atoms with Crippen LogP contribution < -0.4 is 5.32 Å². The number of anilines is 1. The van der Waals surface area contributed by atoms with Crippen LogP contribution in [0.5, 0.6) is 0 Å². The summed E-state index contributed by atoms with van der Waals surface area (Å²) in [7, 11) is 0. The lowest BCUT2D eigenvalue weighted by molar-refractivity contribution is 0.624. The van der Waals surface area contributed by atoms with E-state index in [9.17, 15) is 8.78 Å². The number of nitrogens with one attached hydrogen (secondary N) is 2. The SMILES string of the molecule is Cc1[nH]c2c(F)ccc(C)c2c1CCNc1ncnc2cc(-c3ccc(F)c(C#N)c3)sc12. The Hall–Kier alpha value is -3.83. The van der Waals surface area contributed by atoms with Gasteiger partial charge in [0, 0.05) is 22.5 Å². The summed E-state index contributed by atoms with van der Waals surface area (Å²) in [6.07, 6.45) is 2.20. The van der Waals surface area contributed by atoms with E-state index in [1.807, 2.05) is 26.0 Å². The fourth-order valence-corrected chi connectivity index (χ4v) is 5.22. The summed E-state index contributed by atoms with van der Waals surface area (Å²) in [6.45, 7) is 4.55. The standard InChI is InChI=1S/C25H19F2N5S/c1-13-3-5-19(27)23-22(13)17(14(2)32-23)7-8-29-25-24-20(30-12-31-25)10-21(33-24)15-4-6-18(26)16(9-15)11-28/h3-6,9-10,12,32H,7-8H2,1-2H3,(H,29,30,31). The molecule has 33 heavy (non-hydrogen) atoms. The van der Waals surface area contributed by atoms with E-state index in [0.29, 0.717) is 24.3 Å². The fourth-order valence-electron chi connectivity index (χ4n) is 4.15. The van der Waals surface area contributed by atoms with Crippen molar-refractivity contribution in [2.75, 3.05) is 11.9 Å². The average Bonchev–Trinajstić information content (AvgIpc) is 3.39. The van der Waals surface area contributed by atoms with E-state index in [1.54, 1.807) is 18.2 Å². The zero-order valence-electron chi connectivity index (χ0n) is 18.0. The van der Waals surface area contributed by atoms with Gasteiger partial charge >= 0.3 is 0 Å². The predicted molar refractivity (Wildman–Crippen MR) is 127 cm³/mol. The van der Waals surface area contributed by atoms with Crippen molar-refractivity contribution in [1.29, 1.82) is 5.26 Å². The minimum atomic E-state index is -0.535. The maximum atomic E-state index is 14.2. The number of benzene rings is 2. The van der Waals surface area contributed by atoms with E-state index in [1.165, 1.54) is 29.8 Å².